The maximum atomic E-state index is 12.0. The largest absolute Gasteiger partial charge is 0.477 e. The fourth-order valence-electron chi connectivity index (χ4n) is 1.81. The van der Waals surface area contributed by atoms with Gasteiger partial charge in [0.25, 0.3) is 0 Å². The van der Waals surface area contributed by atoms with Gasteiger partial charge in [-0.15, -0.1) is 0 Å². The number of halogens is 1. The van der Waals surface area contributed by atoms with E-state index in [0.29, 0.717) is 10.9 Å². The lowest BCUT2D eigenvalue weighted by Crippen LogP contribution is -2.15. The summed E-state index contributed by atoms with van der Waals surface area (Å²) in [5.41, 5.74) is 0.981. The number of rotatable bonds is 2. The maximum Gasteiger partial charge on any atom is 0.341 e. The summed E-state index contributed by atoms with van der Waals surface area (Å²) >= 11 is 3.32. The lowest BCUT2D eigenvalue weighted by Gasteiger charge is -2.06. The first-order valence-corrected chi connectivity index (χ1v) is 5.91. The summed E-state index contributed by atoms with van der Waals surface area (Å²) in [6, 6.07) is 3.55. The Morgan fingerprint density at radius 3 is 2.76 bits per heavy atom. The lowest BCUT2D eigenvalue weighted by molar-refractivity contribution is 0.0695. The second-order valence-electron chi connectivity index (χ2n) is 3.68. The van der Waals surface area contributed by atoms with Gasteiger partial charge in [0.15, 0.2) is 0 Å². The molecule has 0 spiro atoms. The number of H-pyrrole nitrogens is 1. The fourth-order valence-corrected chi connectivity index (χ4v) is 2.31. The van der Waals surface area contributed by atoms with Crippen molar-refractivity contribution in [3.8, 4) is 0 Å². The first kappa shape index (κ1) is 11.9. The molecule has 0 unspecified atom stereocenters. The highest BCUT2D eigenvalue weighted by molar-refractivity contribution is 9.10. The number of carboxylic acids is 1. The Kier molecular flexibility index (Phi) is 3.02. The second kappa shape index (κ2) is 4.33. The van der Waals surface area contributed by atoms with Crippen molar-refractivity contribution in [1.82, 2.24) is 4.98 Å². The number of aromatic carboxylic acids is 1. The number of aryl methyl sites for hydroxylation is 1. The zero-order chi connectivity index (χ0) is 12.6. The van der Waals surface area contributed by atoms with Crippen LogP contribution in [0.1, 0.15) is 22.8 Å². The molecule has 0 saturated heterocycles. The molecule has 0 aliphatic carbocycles. The molecule has 5 heteroatoms. The first-order chi connectivity index (χ1) is 8.04. The molecule has 17 heavy (non-hydrogen) atoms. The molecule has 1 aromatic carbocycles. The molecule has 0 bridgehead atoms. The van der Waals surface area contributed by atoms with Crippen LogP contribution >= 0.6 is 15.9 Å². The smallest absolute Gasteiger partial charge is 0.341 e. The van der Waals surface area contributed by atoms with Gasteiger partial charge in [0.2, 0.25) is 5.43 Å². The number of pyridine rings is 1. The summed E-state index contributed by atoms with van der Waals surface area (Å²) in [5, 5.41) is 9.29. The third kappa shape index (κ3) is 1.98. The number of aromatic nitrogens is 1. The Morgan fingerprint density at radius 2 is 2.18 bits per heavy atom. The van der Waals surface area contributed by atoms with E-state index in [-0.39, 0.29) is 5.56 Å². The van der Waals surface area contributed by atoms with E-state index in [1.807, 2.05) is 13.0 Å². The predicted octanol–water partition coefficient (Wildman–Crippen LogP) is 2.55. The molecule has 2 aromatic rings. The van der Waals surface area contributed by atoms with Crippen LogP contribution in [0.4, 0.5) is 0 Å². The van der Waals surface area contributed by atoms with Crippen molar-refractivity contribution in [3.63, 3.8) is 0 Å². The van der Waals surface area contributed by atoms with Gasteiger partial charge in [0.05, 0.1) is 5.52 Å². The normalized spacial score (nSPS) is 10.7. The van der Waals surface area contributed by atoms with Crippen molar-refractivity contribution in [2.24, 2.45) is 0 Å². The molecule has 88 valence electrons. The summed E-state index contributed by atoms with van der Waals surface area (Å²) < 4.78 is 0.773. The highest BCUT2D eigenvalue weighted by Gasteiger charge is 2.13. The van der Waals surface area contributed by atoms with Gasteiger partial charge in [-0.2, -0.15) is 0 Å². The van der Waals surface area contributed by atoms with Gasteiger partial charge >= 0.3 is 5.97 Å². The summed E-state index contributed by atoms with van der Waals surface area (Å²) in [7, 11) is 0. The average molecular weight is 296 g/mol. The van der Waals surface area contributed by atoms with E-state index in [1.54, 1.807) is 6.07 Å². The monoisotopic (exact) mass is 295 g/mol. The predicted molar refractivity (Wildman–Crippen MR) is 68.6 cm³/mol. The molecule has 0 fully saturated rings. The molecular weight excluding hydrogens is 286 g/mol. The molecule has 0 amide bonds. The molecule has 0 radical (unpaired) electrons. The van der Waals surface area contributed by atoms with Gasteiger partial charge in [-0.25, -0.2) is 4.79 Å². The highest BCUT2D eigenvalue weighted by Crippen LogP contribution is 2.21. The average Bonchev–Trinajstić information content (AvgIpc) is 2.28. The zero-order valence-corrected chi connectivity index (χ0v) is 10.7. The van der Waals surface area contributed by atoms with Crippen LogP contribution in [0.5, 0.6) is 0 Å². The van der Waals surface area contributed by atoms with E-state index in [0.717, 1.165) is 16.5 Å². The standard InChI is InChI=1S/C12H10BrNO3/c1-2-6-3-7(13)4-8-10(6)14-5-9(11(8)15)12(16)17/h3-5H,2H2,1H3,(H,14,15)(H,16,17). The number of benzene rings is 1. The van der Waals surface area contributed by atoms with Crippen molar-refractivity contribution in [3.05, 3.63) is 44.2 Å². The van der Waals surface area contributed by atoms with Crippen LogP contribution in [0.2, 0.25) is 0 Å². The van der Waals surface area contributed by atoms with Crippen LogP contribution in [-0.2, 0) is 6.42 Å². The summed E-state index contributed by atoms with van der Waals surface area (Å²) in [6.45, 7) is 1.98. The minimum atomic E-state index is -1.22. The molecule has 0 aliphatic rings. The molecule has 1 heterocycles. The van der Waals surface area contributed by atoms with Gasteiger partial charge in [0, 0.05) is 16.1 Å². The number of aromatic amines is 1. The number of carbonyl (C=O) groups is 1. The van der Waals surface area contributed by atoms with Gasteiger partial charge < -0.3 is 10.1 Å². The van der Waals surface area contributed by atoms with Crippen molar-refractivity contribution in [2.75, 3.05) is 0 Å². The van der Waals surface area contributed by atoms with E-state index < -0.39 is 11.4 Å². The Balaban J connectivity index is 2.91. The van der Waals surface area contributed by atoms with Crippen molar-refractivity contribution < 1.29 is 9.90 Å². The van der Waals surface area contributed by atoms with Crippen LogP contribution < -0.4 is 5.43 Å². The molecule has 0 saturated carbocycles. The summed E-state index contributed by atoms with van der Waals surface area (Å²) in [6.07, 6.45) is 2.01. The number of hydrogen-bond acceptors (Lipinski definition) is 2. The number of carboxylic acid groups (broad SMARTS) is 1. The highest BCUT2D eigenvalue weighted by atomic mass is 79.9. The number of hydrogen-bond donors (Lipinski definition) is 2. The fraction of sp³-hybridized carbons (Fsp3) is 0.167. The van der Waals surface area contributed by atoms with E-state index in [9.17, 15) is 9.59 Å². The van der Waals surface area contributed by atoms with Gasteiger partial charge in [-0.1, -0.05) is 22.9 Å². The quantitative estimate of drug-likeness (QED) is 0.894. The van der Waals surface area contributed by atoms with Crippen molar-refractivity contribution in [1.29, 1.82) is 0 Å². The molecule has 1 aromatic heterocycles. The van der Waals surface area contributed by atoms with E-state index in [1.165, 1.54) is 6.20 Å². The first-order valence-electron chi connectivity index (χ1n) is 5.11. The van der Waals surface area contributed by atoms with Crippen LogP contribution in [0, 0.1) is 0 Å². The minimum absolute atomic E-state index is 0.238. The molecule has 2 rings (SSSR count). The number of fused-ring (bicyclic) bond motifs is 1. The van der Waals surface area contributed by atoms with Gasteiger partial charge in [0.1, 0.15) is 5.56 Å². The Morgan fingerprint density at radius 1 is 1.47 bits per heavy atom. The maximum absolute atomic E-state index is 12.0. The zero-order valence-electron chi connectivity index (χ0n) is 9.08. The lowest BCUT2D eigenvalue weighted by atomic mass is 10.1. The van der Waals surface area contributed by atoms with Crippen molar-refractivity contribution >= 4 is 32.8 Å². The second-order valence-corrected chi connectivity index (χ2v) is 4.59. The molecule has 0 atom stereocenters. The Labute approximate surface area is 105 Å². The Hall–Kier alpha value is -1.62. The third-order valence-corrected chi connectivity index (χ3v) is 3.10. The van der Waals surface area contributed by atoms with Crippen LogP contribution in [-0.4, -0.2) is 16.1 Å². The molecular formula is C12H10BrNO3. The van der Waals surface area contributed by atoms with Gasteiger partial charge in [-0.3, -0.25) is 4.79 Å². The third-order valence-electron chi connectivity index (χ3n) is 2.65. The Bertz CT molecular complexity index is 661. The number of nitrogens with one attached hydrogen (secondary N) is 1. The van der Waals surface area contributed by atoms with E-state index >= 15 is 0 Å². The van der Waals surface area contributed by atoms with Crippen LogP contribution in [0.15, 0.2) is 27.6 Å². The molecule has 2 N–H and O–H groups in total. The van der Waals surface area contributed by atoms with Crippen LogP contribution in [0.3, 0.4) is 0 Å². The van der Waals surface area contributed by atoms with Crippen molar-refractivity contribution in [2.45, 2.75) is 13.3 Å². The SMILES string of the molecule is CCc1cc(Br)cc2c(=O)c(C(=O)O)c[nH]c12. The molecule has 0 aliphatic heterocycles. The van der Waals surface area contributed by atoms with E-state index in [4.69, 9.17) is 5.11 Å². The minimum Gasteiger partial charge on any atom is -0.477 e. The van der Waals surface area contributed by atoms with E-state index in [2.05, 4.69) is 20.9 Å². The summed E-state index contributed by atoms with van der Waals surface area (Å²) in [4.78, 5) is 25.7. The van der Waals surface area contributed by atoms with Gasteiger partial charge in [-0.05, 0) is 24.1 Å². The summed E-state index contributed by atoms with van der Waals surface area (Å²) in [5.74, 6) is -1.22. The van der Waals surface area contributed by atoms with Crippen LogP contribution in [0.25, 0.3) is 10.9 Å². The molecule has 4 nitrogen and oxygen atoms in total. The topological polar surface area (TPSA) is 70.2 Å².